The fourth-order valence-electron chi connectivity index (χ4n) is 2.78. The summed E-state index contributed by atoms with van der Waals surface area (Å²) in [6.07, 6.45) is 1.65. The number of ether oxygens (including phenoxy) is 2. The van der Waals surface area contributed by atoms with Gasteiger partial charge in [-0.25, -0.2) is 4.98 Å². The van der Waals surface area contributed by atoms with E-state index < -0.39 is 5.97 Å². The SMILES string of the molecule is O=C(O)C/C(=C\c1cc(Cl)c2c(c1)OCCO2)c1nc2ccccc2s1. The molecule has 2 aromatic carbocycles. The van der Waals surface area contributed by atoms with Crippen molar-refractivity contribution < 1.29 is 19.4 Å². The topological polar surface area (TPSA) is 68.7 Å². The van der Waals surface area contributed by atoms with Crippen LogP contribution >= 0.6 is 22.9 Å². The molecule has 26 heavy (non-hydrogen) atoms. The maximum Gasteiger partial charge on any atom is 0.307 e. The minimum Gasteiger partial charge on any atom is -0.486 e. The van der Waals surface area contributed by atoms with Crippen LogP contribution in [0.5, 0.6) is 11.5 Å². The lowest BCUT2D eigenvalue weighted by molar-refractivity contribution is -0.135. The Morgan fingerprint density at radius 1 is 1.27 bits per heavy atom. The van der Waals surface area contributed by atoms with Gasteiger partial charge in [-0.05, 0) is 41.5 Å². The first-order chi connectivity index (χ1) is 12.6. The molecule has 132 valence electrons. The second kappa shape index (κ2) is 6.97. The molecular weight excluding hydrogens is 374 g/mol. The van der Waals surface area contributed by atoms with Gasteiger partial charge in [-0.15, -0.1) is 11.3 Å². The molecule has 0 spiro atoms. The van der Waals surface area contributed by atoms with E-state index in [-0.39, 0.29) is 6.42 Å². The van der Waals surface area contributed by atoms with Crippen LogP contribution in [-0.2, 0) is 4.79 Å². The highest BCUT2D eigenvalue weighted by molar-refractivity contribution is 7.19. The number of para-hydroxylation sites is 1. The molecule has 1 aromatic heterocycles. The van der Waals surface area contributed by atoms with Crippen molar-refractivity contribution in [3.8, 4) is 11.5 Å². The number of benzene rings is 2. The van der Waals surface area contributed by atoms with E-state index in [0.717, 1.165) is 15.8 Å². The summed E-state index contributed by atoms with van der Waals surface area (Å²) in [5.74, 6) is 0.169. The molecule has 7 heteroatoms. The summed E-state index contributed by atoms with van der Waals surface area (Å²) in [7, 11) is 0. The van der Waals surface area contributed by atoms with E-state index in [2.05, 4.69) is 4.98 Å². The van der Waals surface area contributed by atoms with Gasteiger partial charge >= 0.3 is 5.97 Å². The first kappa shape index (κ1) is 16.9. The normalized spacial score (nSPS) is 13.8. The Morgan fingerprint density at radius 3 is 2.88 bits per heavy atom. The fraction of sp³-hybridized carbons (Fsp3) is 0.158. The number of hydrogen-bond acceptors (Lipinski definition) is 5. The Labute approximate surface area is 158 Å². The third-order valence-corrected chi connectivity index (χ3v) is 5.26. The second-order valence-electron chi connectivity index (χ2n) is 5.75. The standard InChI is InChI=1S/C19H14ClNO4S/c20-13-8-11(9-15-18(13)25-6-5-24-15)7-12(10-17(22)23)19-21-14-3-1-2-4-16(14)26-19/h1-4,7-9H,5-6,10H2,(H,22,23)/b12-7+. The van der Waals surface area contributed by atoms with Crippen LogP contribution in [0.25, 0.3) is 21.9 Å². The lowest BCUT2D eigenvalue weighted by Gasteiger charge is -2.19. The molecule has 0 radical (unpaired) electrons. The van der Waals surface area contributed by atoms with Gasteiger partial charge in [0.15, 0.2) is 11.5 Å². The van der Waals surface area contributed by atoms with Gasteiger partial charge in [-0.1, -0.05) is 23.7 Å². The van der Waals surface area contributed by atoms with E-state index in [1.165, 1.54) is 11.3 Å². The average Bonchev–Trinajstić information content (AvgIpc) is 3.05. The lowest BCUT2D eigenvalue weighted by atomic mass is 10.1. The van der Waals surface area contributed by atoms with Gasteiger partial charge in [0.25, 0.3) is 0 Å². The maximum absolute atomic E-state index is 11.4. The van der Waals surface area contributed by atoms with Gasteiger partial charge in [-0.3, -0.25) is 4.79 Å². The maximum atomic E-state index is 11.4. The number of thiazole rings is 1. The van der Waals surface area contributed by atoms with Crippen LogP contribution in [0.2, 0.25) is 5.02 Å². The van der Waals surface area contributed by atoms with Gasteiger partial charge in [-0.2, -0.15) is 0 Å². The minimum atomic E-state index is -0.917. The number of carbonyl (C=O) groups is 1. The van der Waals surface area contributed by atoms with Crippen molar-refractivity contribution in [3.05, 3.63) is 52.0 Å². The van der Waals surface area contributed by atoms with Crippen molar-refractivity contribution in [1.29, 1.82) is 0 Å². The number of aromatic nitrogens is 1. The lowest BCUT2D eigenvalue weighted by Crippen LogP contribution is -2.15. The highest BCUT2D eigenvalue weighted by Crippen LogP contribution is 2.39. The van der Waals surface area contributed by atoms with Crippen LogP contribution in [0.3, 0.4) is 0 Å². The van der Waals surface area contributed by atoms with Crippen molar-refractivity contribution in [3.63, 3.8) is 0 Å². The van der Waals surface area contributed by atoms with Gasteiger partial charge in [0.1, 0.15) is 18.2 Å². The fourth-order valence-corrected chi connectivity index (χ4v) is 4.03. The second-order valence-corrected chi connectivity index (χ2v) is 7.19. The van der Waals surface area contributed by atoms with Crippen molar-refractivity contribution in [2.45, 2.75) is 6.42 Å². The molecule has 0 unspecified atom stereocenters. The molecule has 5 nitrogen and oxygen atoms in total. The number of rotatable bonds is 4. The monoisotopic (exact) mass is 387 g/mol. The van der Waals surface area contributed by atoms with Crippen LogP contribution < -0.4 is 9.47 Å². The van der Waals surface area contributed by atoms with E-state index >= 15 is 0 Å². The number of fused-ring (bicyclic) bond motifs is 2. The molecule has 1 aliphatic heterocycles. The summed E-state index contributed by atoms with van der Waals surface area (Å²) in [6.45, 7) is 0.911. The van der Waals surface area contributed by atoms with Crippen LogP contribution in [0.4, 0.5) is 0 Å². The quantitative estimate of drug-likeness (QED) is 0.700. The average molecular weight is 388 g/mol. The Bertz CT molecular complexity index is 995. The van der Waals surface area contributed by atoms with Crippen LogP contribution in [-0.4, -0.2) is 29.3 Å². The largest absolute Gasteiger partial charge is 0.486 e. The number of carboxylic acids is 1. The van der Waals surface area contributed by atoms with E-state index in [0.29, 0.717) is 40.3 Å². The zero-order chi connectivity index (χ0) is 18.1. The molecule has 2 heterocycles. The number of hydrogen-bond donors (Lipinski definition) is 1. The third kappa shape index (κ3) is 3.38. The van der Waals surface area contributed by atoms with Gasteiger partial charge in [0.05, 0.1) is 21.7 Å². The van der Waals surface area contributed by atoms with Crippen LogP contribution in [0.1, 0.15) is 17.0 Å². The summed E-state index contributed by atoms with van der Waals surface area (Å²) in [4.78, 5) is 15.9. The van der Waals surface area contributed by atoms with Crippen molar-refractivity contribution in [2.75, 3.05) is 13.2 Å². The molecule has 0 saturated carbocycles. The van der Waals surface area contributed by atoms with Crippen molar-refractivity contribution in [1.82, 2.24) is 4.98 Å². The Balaban J connectivity index is 1.79. The van der Waals surface area contributed by atoms with E-state index in [9.17, 15) is 9.90 Å². The van der Waals surface area contributed by atoms with Crippen molar-refractivity contribution >= 4 is 50.8 Å². The summed E-state index contributed by atoms with van der Waals surface area (Å²) in [5.41, 5.74) is 2.21. The van der Waals surface area contributed by atoms with E-state index in [4.69, 9.17) is 21.1 Å². The van der Waals surface area contributed by atoms with E-state index in [1.54, 1.807) is 18.2 Å². The predicted octanol–water partition coefficient (Wildman–Crippen LogP) is 4.74. The Hall–Kier alpha value is -2.57. The number of nitrogens with zero attached hydrogens (tertiary/aromatic N) is 1. The zero-order valence-corrected chi connectivity index (χ0v) is 15.1. The summed E-state index contributed by atoms with van der Waals surface area (Å²) >= 11 is 7.75. The smallest absolute Gasteiger partial charge is 0.307 e. The first-order valence-electron chi connectivity index (χ1n) is 7.97. The van der Waals surface area contributed by atoms with Gasteiger partial charge in [0.2, 0.25) is 0 Å². The molecule has 0 aliphatic carbocycles. The molecule has 4 rings (SSSR count). The molecule has 0 fully saturated rings. The molecule has 1 N–H and O–H groups in total. The summed E-state index contributed by atoms with van der Waals surface area (Å²) < 4.78 is 12.1. The van der Waals surface area contributed by atoms with Crippen molar-refractivity contribution in [2.24, 2.45) is 0 Å². The van der Waals surface area contributed by atoms with Crippen LogP contribution in [0, 0.1) is 0 Å². The van der Waals surface area contributed by atoms with Gasteiger partial charge < -0.3 is 14.6 Å². The third-order valence-electron chi connectivity index (χ3n) is 3.87. The highest BCUT2D eigenvalue weighted by Gasteiger charge is 2.18. The van der Waals surface area contributed by atoms with Gasteiger partial charge in [0, 0.05) is 0 Å². The summed E-state index contributed by atoms with van der Waals surface area (Å²) in [5, 5.41) is 10.4. The molecule has 0 atom stereocenters. The molecule has 0 bridgehead atoms. The highest BCUT2D eigenvalue weighted by atomic mass is 35.5. The first-order valence-corrected chi connectivity index (χ1v) is 9.17. The Morgan fingerprint density at radius 2 is 2.08 bits per heavy atom. The minimum absolute atomic E-state index is 0.133. The number of aliphatic carboxylic acids is 1. The molecule has 0 amide bonds. The predicted molar refractivity (Wildman–Crippen MR) is 102 cm³/mol. The molecule has 1 aliphatic rings. The molecule has 0 saturated heterocycles. The van der Waals surface area contributed by atoms with E-state index in [1.807, 2.05) is 24.3 Å². The van der Waals surface area contributed by atoms with Crippen LogP contribution in [0.15, 0.2) is 36.4 Å². The summed E-state index contributed by atoms with van der Waals surface area (Å²) in [6, 6.07) is 11.3. The number of halogens is 1. The Kier molecular flexibility index (Phi) is 4.53. The number of carboxylic acid groups (broad SMARTS) is 1. The molecular formula is C19H14ClNO4S. The molecule has 3 aromatic rings. The zero-order valence-electron chi connectivity index (χ0n) is 13.6.